The van der Waals surface area contributed by atoms with Crippen molar-refractivity contribution >= 4 is 17.8 Å². The fourth-order valence-electron chi connectivity index (χ4n) is 2.44. The minimum Gasteiger partial charge on any atom is -0.459 e. The van der Waals surface area contributed by atoms with Crippen LogP contribution in [0.2, 0.25) is 0 Å². The van der Waals surface area contributed by atoms with E-state index in [9.17, 15) is 14.4 Å². The van der Waals surface area contributed by atoms with Crippen molar-refractivity contribution in [3.63, 3.8) is 0 Å². The van der Waals surface area contributed by atoms with Gasteiger partial charge in [0.15, 0.2) is 0 Å². The lowest BCUT2D eigenvalue weighted by Crippen LogP contribution is -2.45. The Bertz CT molecular complexity index is 436. The molecule has 0 saturated carbocycles. The van der Waals surface area contributed by atoms with E-state index in [1.807, 2.05) is 5.43 Å². The lowest BCUT2D eigenvalue weighted by molar-refractivity contribution is -0.155. The number of amides is 2. The summed E-state index contributed by atoms with van der Waals surface area (Å²) in [5.41, 5.74) is 4.29. The highest BCUT2D eigenvalue weighted by Crippen LogP contribution is 2.11. The zero-order valence-corrected chi connectivity index (χ0v) is 16.5. The molecule has 2 amide bonds. The third-order valence-corrected chi connectivity index (χ3v) is 4.09. The van der Waals surface area contributed by atoms with Crippen molar-refractivity contribution in [1.82, 2.24) is 10.9 Å². The van der Waals surface area contributed by atoms with E-state index in [0.717, 1.165) is 19.3 Å². The Labute approximate surface area is 158 Å². The summed E-state index contributed by atoms with van der Waals surface area (Å²) in [6.07, 6.45) is 14.7. The molecule has 0 aromatic heterocycles. The van der Waals surface area contributed by atoms with Gasteiger partial charge in [-0.3, -0.25) is 20.4 Å². The molecule has 6 heteroatoms. The number of carbonyl (C=O) groups is 3. The first-order chi connectivity index (χ1) is 12.5. The number of nitrogens with one attached hydrogen (secondary N) is 2. The van der Waals surface area contributed by atoms with E-state index in [-0.39, 0.29) is 12.2 Å². The third kappa shape index (κ3) is 14.5. The SMILES string of the molecule is C=C(C)C(=O)NNC(=O)C(=O)OCCCCCCCCCCCCCC. The lowest BCUT2D eigenvalue weighted by Gasteiger charge is -2.07. The first-order valence-corrected chi connectivity index (χ1v) is 9.92. The second-order valence-corrected chi connectivity index (χ2v) is 6.71. The van der Waals surface area contributed by atoms with Gasteiger partial charge < -0.3 is 4.74 Å². The highest BCUT2D eigenvalue weighted by atomic mass is 16.5. The van der Waals surface area contributed by atoms with Crippen LogP contribution in [0.4, 0.5) is 0 Å². The van der Waals surface area contributed by atoms with Gasteiger partial charge in [-0.15, -0.1) is 0 Å². The number of unbranched alkanes of at least 4 members (excludes halogenated alkanes) is 11. The van der Waals surface area contributed by atoms with Gasteiger partial charge in [0.05, 0.1) is 6.61 Å². The number of hydrazine groups is 1. The molecular formula is C20H36N2O4. The van der Waals surface area contributed by atoms with Crippen LogP contribution in [0.3, 0.4) is 0 Å². The van der Waals surface area contributed by atoms with Gasteiger partial charge in [0, 0.05) is 5.57 Å². The van der Waals surface area contributed by atoms with Crippen LogP contribution in [0.15, 0.2) is 12.2 Å². The second-order valence-electron chi connectivity index (χ2n) is 6.71. The fraction of sp³-hybridized carbons (Fsp3) is 0.750. The second kappa shape index (κ2) is 16.6. The zero-order chi connectivity index (χ0) is 19.6. The Kier molecular flexibility index (Phi) is 15.4. The molecule has 0 rings (SSSR count). The molecule has 0 bridgehead atoms. The fourth-order valence-corrected chi connectivity index (χ4v) is 2.44. The predicted molar refractivity (Wildman–Crippen MR) is 103 cm³/mol. The quantitative estimate of drug-likeness (QED) is 0.160. The van der Waals surface area contributed by atoms with E-state index in [1.54, 1.807) is 0 Å². The van der Waals surface area contributed by atoms with Gasteiger partial charge in [0.25, 0.3) is 5.91 Å². The maximum atomic E-state index is 11.4. The van der Waals surface area contributed by atoms with Gasteiger partial charge in [-0.1, -0.05) is 84.1 Å². The summed E-state index contributed by atoms with van der Waals surface area (Å²) in [5.74, 6) is -2.53. The van der Waals surface area contributed by atoms with Crippen LogP contribution < -0.4 is 10.9 Å². The summed E-state index contributed by atoms with van der Waals surface area (Å²) in [5, 5.41) is 0. The molecule has 26 heavy (non-hydrogen) atoms. The number of carbonyl (C=O) groups excluding carboxylic acids is 3. The topological polar surface area (TPSA) is 84.5 Å². The molecule has 6 nitrogen and oxygen atoms in total. The normalized spacial score (nSPS) is 10.2. The number of hydrogen-bond acceptors (Lipinski definition) is 4. The van der Waals surface area contributed by atoms with E-state index >= 15 is 0 Å². The number of rotatable bonds is 14. The lowest BCUT2D eigenvalue weighted by atomic mass is 10.1. The Morgan fingerprint density at radius 3 is 1.62 bits per heavy atom. The van der Waals surface area contributed by atoms with Crippen molar-refractivity contribution in [3.05, 3.63) is 12.2 Å². The average molecular weight is 369 g/mol. The smallest absolute Gasteiger partial charge is 0.398 e. The molecule has 0 aromatic carbocycles. The summed E-state index contributed by atoms with van der Waals surface area (Å²) >= 11 is 0. The first-order valence-electron chi connectivity index (χ1n) is 9.92. The Hall–Kier alpha value is -1.85. The molecule has 0 spiro atoms. The maximum absolute atomic E-state index is 11.4. The molecule has 0 aromatic rings. The van der Waals surface area contributed by atoms with Crippen LogP contribution >= 0.6 is 0 Å². The van der Waals surface area contributed by atoms with Crippen LogP contribution in [-0.2, 0) is 19.1 Å². The summed E-state index contributed by atoms with van der Waals surface area (Å²) in [7, 11) is 0. The average Bonchev–Trinajstić information content (AvgIpc) is 2.62. The molecule has 0 aliphatic rings. The molecule has 0 heterocycles. The van der Waals surface area contributed by atoms with Crippen LogP contribution in [0, 0.1) is 0 Å². The monoisotopic (exact) mass is 368 g/mol. The van der Waals surface area contributed by atoms with Crippen LogP contribution in [0.25, 0.3) is 0 Å². The Balaban J connectivity index is 3.41. The van der Waals surface area contributed by atoms with Gasteiger partial charge in [-0.2, -0.15) is 0 Å². The summed E-state index contributed by atoms with van der Waals surface area (Å²) < 4.78 is 4.86. The zero-order valence-electron chi connectivity index (χ0n) is 16.5. The van der Waals surface area contributed by atoms with Gasteiger partial charge >= 0.3 is 11.9 Å². The molecular weight excluding hydrogens is 332 g/mol. The van der Waals surface area contributed by atoms with E-state index in [2.05, 4.69) is 18.9 Å². The molecule has 0 aliphatic carbocycles. The Morgan fingerprint density at radius 2 is 1.15 bits per heavy atom. The van der Waals surface area contributed by atoms with Crippen LogP contribution in [0.1, 0.15) is 90.9 Å². The summed E-state index contributed by atoms with van der Waals surface area (Å²) in [6.45, 7) is 7.36. The summed E-state index contributed by atoms with van der Waals surface area (Å²) in [6, 6.07) is 0. The van der Waals surface area contributed by atoms with E-state index < -0.39 is 17.8 Å². The minimum absolute atomic E-state index is 0.220. The molecule has 0 radical (unpaired) electrons. The highest BCUT2D eigenvalue weighted by Gasteiger charge is 2.15. The van der Waals surface area contributed by atoms with Crippen molar-refractivity contribution in [2.45, 2.75) is 90.9 Å². The van der Waals surface area contributed by atoms with E-state index in [1.165, 1.54) is 64.7 Å². The Morgan fingerprint density at radius 1 is 0.731 bits per heavy atom. The van der Waals surface area contributed by atoms with Gasteiger partial charge in [-0.05, 0) is 13.3 Å². The molecule has 0 aliphatic heterocycles. The molecule has 0 atom stereocenters. The van der Waals surface area contributed by atoms with Gasteiger partial charge in [-0.25, -0.2) is 4.79 Å². The van der Waals surface area contributed by atoms with Crippen molar-refractivity contribution in [1.29, 1.82) is 0 Å². The minimum atomic E-state index is -0.991. The maximum Gasteiger partial charge on any atom is 0.398 e. The number of hydrogen-bond donors (Lipinski definition) is 2. The summed E-state index contributed by atoms with van der Waals surface area (Å²) in [4.78, 5) is 34.0. The standard InChI is InChI=1S/C20H36N2O4/c1-4-5-6-7-8-9-10-11-12-13-14-15-16-26-20(25)19(24)22-21-18(23)17(2)3/h2,4-16H2,1,3H3,(H,21,23)(H,22,24). The van der Waals surface area contributed by atoms with Crippen LogP contribution in [0.5, 0.6) is 0 Å². The van der Waals surface area contributed by atoms with Gasteiger partial charge in [0.2, 0.25) is 0 Å². The molecule has 2 N–H and O–H groups in total. The number of esters is 1. The van der Waals surface area contributed by atoms with Crippen molar-refractivity contribution < 1.29 is 19.1 Å². The third-order valence-electron chi connectivity index (χ3n) is 4.09. The molecule has 150 valence electrons. The number of ether oxygens (including phenoxy) is 1. The van der Waals surface area contributed by atoms with Gasteiger partial charge in [0.1, 0.15) is 0 Å². The van der Waals surface area contributed by atoms with Crippen molar-refractivity contribution in [3.8, 4) is 0 Å². The molecule has 0 unspecified atom stereocenters. The molecule has 0 saturated heterocycles. The molecule has 0 fully saturated rings. The van der Waals surface area contributed by atoms with E-state index in [4.69, 9.17) is 4.74 Å². The van der Waals surface area contributed by atoms with Crippen molar-refractivity contribution in [2.75, 3.05) is 6.61 Å². The van der Waals surface area contributed by atoms with Crippen LogP contribution in [-0.4, -0.2) is 24.4 Å². The highest BCUT2D eigenvalue weighted by molar-refractivity contribution is 6.32. The predicted octanol–water partition coefficient (Wildman–Crippen LogP) is 3.95. The largest absolute Gasteiger partial charge is 0.459 e. The van der Waals surface area contributed by atoms with Crippen molar-refractivity contribution in [2.24, 2.45) is 0 Å². The first kappa shape index (κ1) is 24.1. The van der Waals surface area contributed by atoms with E-state index in [0.29, 0.717) is 0 Å².